The van der Waals surface area contributed by atoms with Gasteiger partial charge in [-0.15, -0.1) is 0 Å². The predicted molar refractivity (Wildman–Crippen MR) is 97.5 cm³/mol. The van der Waals surface area contributed by atoms with E-state index < -0.39 is 23.7 Å². The largest absolute Gasteiger partial charge is 0.336 e. The first-order chi connectivity index (χ1) is 12.5. The van der Waals surface area contributed by atoms with E-state index in [0.29, 0.717) is 5.69 Å². The molecule has 132 valence electrons. The van der Waals surface area contributed by atoms with Crippen LogP contribution in [0.3, 0.4) is 0 Å². The van der Waals surface area contributed by atoms with E-state index in [2.05, 4.69) is 21.2 Å². The van der Waals surface area contributed by atoms with E-state index in [1.807, 2.05) is 24.3 Å². The van der Waals surface area contributed by atoms with Crippen LogP contribution >= 0.6 is 15.9 Å². The minimum Gasteiger partial charge on any atom is -0.336 e. The van der Waals surface area contributed by atoms with Crippen molar-refractivity contribution >= 4 is 33.4 Å². The number of amides is 2. The fourth-order valence-electron chi connectivity index (χ4n) is 2.94. The van der Waals surface area contributed by atoms with E-state index >= 15 is 0 Å². The van der Waals surface area contributed by atoms with Crippen molar-refractivity contribution < 1.29 is 14.0 Å². The quantitative estimate of drug-likeness (QED) is 0.831. The lowest BCUT2D eigenvalue weighted by Crippen LogP contribution is -2.35. The third-order valence-electron chi connectivity index (χ3n) is 4.27. The molecule has 1 aliphatic heterocycles. The summed E-state index contributed by atoms with van der Waals surface area (Å²) < 4.78 is 14.6. The van der Waals surface area contributed by atoms with Gasteiger partial charge in [0.25, 0.3) is 0 Å². The number of carbonyl (C=O) groups is 2. The van der Waals surface area contributed by atoms with E-state index in [1.54, 1.807) is 17.0 Å². The Labute approximate surface area is 158 Å². The molecule has 0 saturated carbocycles. The molecule has 1 aliphatic rings. The van der Waals surface area contributed by atoms with Gasteiger partial charge in [0.2, 0.25) is 11.8 Å². The van der Waals surface area contributed by atoms with Crippen LogP contribution < -0.4 is 10.2 Å². The van der Waals surface area contributed by atoms with Crippen LogP contribution in [0, 0.1) is 23.1 Å². The van der Waals surface area contributed by atoms with Crippen molar-refractivity contribution in [3.63, 3.8) is 0 Å². The van der Waals surface area contributed by atoms with Crippen molar-refractivity contribution in [3.05, 3.63) is 64.4 Å². The maximum Gasteiger partial charge on any atom is 0.227 e. The number of anilines is 1. The number of hydrogen-bond acceptors (Lipinski definition) is 3. The Morgan fingerprint density at radius 2 is 1.96 bits per heavy atom. The van der Waals surface area contributed by atoms with Crippen LogP contribution in [0.5, 0.6) is 0 Å². The van der Waals surface area contributed by atoms with E-state index in [-0.39, 0.29) is 24.4 Å². The molecule has 0 radical (unpaired) electrons. The van der Waals surface area contributed by atoms with Crippen molar-refractivity contribution in [3.8, 4) is 6.07 Å². The molecule has 1 heterocycles. The third-order valence-corrected chi connectivity index (χ3v) is 4.94. The Balaban J connectivity index is 1.73. The Morgan fingerprint density at radius 1 is 1.27 bits per heavy atom. The van der Waals surface area contributed by atoms with Gasteiger partial charge in [-0.3, -0.25) is 9.59 Å². The number of para-hydroxylation sites is 1. The standard InChI is InChI=1S/C19H15BrFN3O2/c20-14-6-2-4-8-17(14)24-11-12(9-18(24)25)19(26)23-16(10-22)13-5-1-3-7-15(13)21/h1-8,12,16H,9,11H2,(H,23,26). The molecule has 2 aromatic carbocycles. The first kappa shape index (κ1) is 18.1. The molecule has 1 N–H and O–H groups in total. The summed E-state index contributed by atoms with van der Waals surface area (Å²) in [6, 6.07) is 13.9. The normalized spacial score (nSPS) is 17.7. The summed E-state index contributed by atoms with van der Waals surface area (Å²) >= 11 is 3.40. The Hall–Kier alpha value is -2.72. The van der Waals surface area contributed by atoms with Crippen LogP contribution in [-0.2, 0) is 9.59 Å². The van der Waals surface area contributed by atoms with Crippen molar-refractivity contribution in [1.29, 1.82) is 5.26 Å². The Morgan fingerprint density at radius 3 is 2.65 bits per heavy atom. The highest BCUT2D eigenvalue weighted by Gasteiger charge is 2.36. The predicted octanol–water partition coefficient (Wildman–Crippen LogP) is 3.32. The summed E-state index contributed by atoms with van der Waals surface area (Å²) in [6.07, 6.45) is 0.0442. The molecular weight excluding hydrogens is 401 g/mol. The van der Waals surface area contributed by atoms with Gasteiger partial charge < -0.3 is 10.2 Å². The fourth-order valence-corrected chi connectivity index (χ4v) is 3.43. The smallest absolute Gasteiger partial charge is 0.227 e. The lowest BCUT2D eigenvalue weighted by molar-refractivity contribution is -0.126. The summed E-state index contributed by atoms with van der Waals surface area (Å²) in [5, 5.41) is 11.8. The minimum atomic E-state index is -1.10. The van der Waals surface area contributed by atoms with Gasteiger partial charge in [-0.2, -0.15) is 5.26 Å². The number of nitriles is 1. The van der Waals surface area contributed by atoms with E-state index in [1.165, 1.54) is 18.2 Å². The summed E-state index contributed by atoms with van der Waals surface area (Å²) in [7, 11) is 0. The first-order valence-corrected chi connectivity index (χ1v) is 8.80. The number of rotatable bonds is 4. The second-order valence-electron chi connectivity index (χ2n) is 5.95. The van der Waals surface area contributed by atoms with Crippen LogP contribution in [0.4, 0.5) is 10.1 Å². The zero-order valence-corrected chi connectivity index (χ0v) is 15.2. The van der Waals surface area contributed by atoms with Crippen LogP contribution in [0.25, 0.3) is 0 Å². The van der Waals surface area contributed by atoms with Crippen LogP contribution in [-0.4, -0.2) is 18.4 Å². The monoisotopic (exact) mass is 415 g/mol. The second kappa shape index (κ2) is 7.67. The topological polar surface area (TPSA) is 73.2 Å². The number of halogens is 2. The molecule has 1 fully saturated rings. The lowest BCUT2D eigenvalue weighted by atomic mass is 10.0. The zero-order valence-electron chi connectivity index (χ0n) is 13.7. The van der Waals surface area contributed by atoms with Gasteiger partial charge in [-0.25, -0.2) is 4.39 Å². The van der Waals surface area contributed by atoms with Gasteiger partial charge in [-0.1, -0.05) is 30.3 Å². The maximum atomic E-state index is 13.9. The number of hydrogen-bond donors (Lipinski definition) is 1. The number of carbonyl (C=O) groups excluding carboxylic acids is 2. The van der Waals surface area contributed by atoms with E-state index in [9.17, 15) is 19.2 Å². The first-order valence-electron chi connectivity index (χ1n) is 8.00. The molecule has 2 aromatic rings. The average Bonchev–Trinajstić information content (AvgIpc) is 3.02. The lowest BCUT2D eigenvalue weighted by Gasteiger charge is -2.19. The summed E-state index contributed by atoms with van der Waals surface area (Å²) in [6.45, 7) is 0.211. The van der Waals surface area contributed by atoms with Gasteiger partial charge in [0, 0.05) is 23.0 Å². The number of benzene rings is 2. The summed E-state index contributed by atoms with van der Waals surface area (Å²) in [5.41, 5.74) is 0.800. The van der Waals surface area contributed by atoms with Crippen LogP contribution in [0.1, 0.15) is 18.0 Å². The molecule has 5 nitrogen and oxygen atoms in total. The highest BCUT2D eigenvalue weighted by atomic mass is 79.9. The van der Waals surface area contributed by atoms with Gasteiger partial charge in [0.15, 0.2) is 0 Å². The molecule has 2 atom stereocenters. The molecule has 2 amide bonds. The SMILES string of the molecule is N#CC(NC(=O)C1CC(=O)N(c2ccccc2Br)C1)c1ccccc1F. The van der Waals surface area contributed by atoms with Gasteiger partial charge in [-0.05, 0) is 34.1 Å². The molecule has 26 heavy (non-hydrogen) atoms. The third kappa shape index (κ3) is 3.60. The van der Waals surface area contributed by atoms with Gasteiger partial charge in [0.05, 0.1) is 17.7 Å². The zero-order chi connectivity index (χ0) is 18.7. The average molecular weight is 416 g/mol. The summed E-state index contributed by atoms with van der Waals surface area (Å²) in [5.74, 6) is -1.77. The molecule has 2 unspecified atom stereocenters. The Bertz CT molecular complexity index is 896. The minimum absolute atomic E-state index is 0.0442. The number of nitrogens with one attached hydrogen (secondary N) is 1. The molecule has 0 spiro atoms. The fraction of sp³-hybridized carbons (Fsp3) is 0.211. The maximum absolute atomic E-state index is 13.9. The summed E-state index contributed by atoms with van der Waals surface area (Å²) in [4.78, 5) is 26.4. The molecule has 3 rings (SSSR count). The molecule has 1 saturated heterocycles. The number of nitrogens with zero attached hydrogens (tertiary/aromatic N) is 2. The van der Waals surface area contributed by atoms with Crippen molar-refractivity contribution in [2.24, 2.45) is 5.92 Å². The van der Waals surface area contributed by atoms with Gasteiger partial charge in [0.1, 0.15) is 11.9 Å². The molecule has 0 aromatic heterocycles. The van der Waals surface area contributed by atoms with Crippen molar-refractivity contribution in [2.75, 3.05) is 11.4 Å². The second-order valence-corrected chi connectivity index (χ2v) is 6.80. The molecular formula is C19H15BrFN3O2. The molecule has 7 heteroatoms. The molecule has 0 bridgehead atoms. The van der Waals surface area contributed by atoms with Crippen LogP contribution in [0.2, 0.25) is 0 Å². The highest BCUT2D eigenvalue weighted by Crippen LogP contribution is 2.31. The van der Waals surface area contributed by atoms with E-state index in [4.69, 9.17) is 0 Å². The van der Waals surface area contributed by atoms with Gasteiger partial charge >= 0.3 is 0 Å². The molecule has 0 aliphatic carbocycles. The highest BCUT2D eigenvalue weighted by molar-refractivity contribution is 9.10. The van der Waals surface area contributed by atoms with E-state index in [0.717, 1.165) is 4.47 Å². The Kier molecular flexibility index (Phi) is 5.33. The van der Waals surface area contributed by atoms with Crippen LogP contribution in [0.15, 0.2) is 53.0 Å². The van der Waals surface area contributed by atoms with Crippen molar-refractivity contribution in [1.82, 2.24) is 5.32 Å². The van der Waals surface area contributed by atoms with Crippen molar-refractivity contribution in [2.45, 2.75) is 12.5 Å².